The molecule has 0 spiro atoms. The van der Waals surface area contributed by atoms with E-state index in [0.717, 1.165) is 16.8 Å². The molecule has 0 bridgehead atoms. The second-order valence-corrected chi connectivity index (χ2v) is 6.89. The summed E-state index contributed by atoms with van der Waals surface area (Å²) in [5.41, 5.74) is 4.20. The van der Waals surface area contributed by atoms with Crippen molar-refractivity contribution in [2.45, 2.75) is 32.9 Å². The van der Waals surface area contributed by atoms with Gasteiger partial charge >= 0.3 is 0 Å². The number of hydrogen-bond donors (Lipinski definition) is 1. The molecule has 1 heterocycles. The van der Waals surface area contributed by atoms with E-state index in [2.05, 4.69) is 32.2 Å². The van der Waals surface area contributed by atoms with Gasteiger partial charge in [0, 0.05) is 17.3 Å². The number of benzene rings is 2. The van der Waals surface area contributed by atoms with Crippen molar-refractivity contribution in [3.63, 3.8) is 0 Å². The number of anilines is 1. The third kappa shape index (κ3) is 3.49. The molecule has 0 aromatic heterocycles. The maximum absolute atomic E-state index is 11.0. The van der Waals surface area contributed by atoms with E-state index >= 15 is 0 Å². The molecule has 6 nitrogen and oxygen atoms in total. The molecule has 0 amide bonds. The Morgan fingerprint density at radius 2 is 1.96 bits per heavy atom. The number of ether oxygens (including phenoxy) is 2. The van der Waals surface area contributed by atoms with Gasteiger partial charge in [-0.3, -0.25) is 10.1 Å². The highest BCUT2D eigenvalue weighted by molar-refractivity contribution is 5.82. The van der Waals surface area contributed by atoms with Crippen molar-refractivity contribution < 1.29 is 14.4 Å². The smallest absolute Gasteiger partial charge is 0.273 e. The second kappa shape index (κ2) is 6.71. The first-order valence-corrected chi connectivity index (χ1v) is 8.36. The number of nitrogens with one attached hydrogen (secondary N) is 1. The maximum Gasteiger partial charge on any atom is 0.273 e. The first-order chi connectivity index (χ1) is 12.3. The molecule has 136 valence electrons. The van der Waals surface area contributed by atoms with Crippen molar-refractivity contribution in [3.8, 4) is 11.5 Å². The Morgan fingerprint density at radius 1 is 1.19 bits per heavy atom. The Bertz CT molecular complexity index is 887. The lowest BCUT2D eigenvalue weighted by molar-refractivity contribution is -0.385. The normalized spacial score (nSPS) is 14.7. The Morgan fingerprint density at radius 3 is 2.65 bits per heavy atom. The summed E-state index contributed by atoms with van der Waals surface area (Å²) >= 11 is 0. The molecule has 0 radical (unpaired) electrons. The minimum absolute atomic E-state index is 0.0321. The number of allylic oxidation sites excluding steroid dienone is 1. The van der Waals surface area contributed by atoms with Crippen molar-refractivity contribution >= 4 is 16.9 Å². The lowest BCUT2D eigenvalue weighted by atomic mass is 9.89. The monoisotopic (exact) mass is 354 g/mol. The summed E-state index contributed by atoms with van der Waals surface area (Å²) in [6.07, 6.45) is 2.19. The zero-order valence-electron chi connectivity index (χ0n) is 15.3. The predicted octanol–water partition coefficient (Wildman–Crippen LogP) is 4.79. The standard InChI is InChI=1S/C20H22N2O4/c1-13-11-20(2,3)21-16-7-5-6-14(19(13)16)12-26-18-10-15(22(23)24)8-9-17(18)25-4/h5-11,21H,12H2,1-4H3. The number of nitrogens with zero attached hydrogens (tertiary/aromatic N) is 1. The van der Waals surface area contributed by atoms with Crippen LogP contribution < -0.4 is 14.8 Å². The topological polar surface area (TPSA) is 73.6 Å². The van der Waals surface area contributed by atoms with Gasteiger partial charge in [-0.1, -0.05) is 18.2 Å². The fourth-order valence-electron chi connectivity index (χ4n) is 3.33. The number of hydrogen-bond acceptors (Lipinski definition) is 5. The van der Waals surface area contributed by atoms with E-state index in [0.29, 0.717) is 11.5 Å². The maximum atomic E-state index is 11.0. The summed E-state index contributed by atoms with van der Waals surface area (Å²) in [4.78, 5) is 10.6. The average molecular weight is 354 g/mol. The van der Waals surface area contributed by atoms with Crippen LogP contribution in [0.2, 0.25) is 0 Å². The molecule has 6 heteroatoms. The third-order valence-electron chi connectivity index (χ3n) is 4.32. The molecule has 1 aliphatic heterocycles. The molecule has 0 unspecified atom stereocenters. The minimum atomic E-state index is -0.449. The highest BCUT2D eigenvalue weighted by Crippen LogP contribution is 2.37. The summed E-state index contributed by atoms with van der Waals surface area (Å²) in [5.74, 6) is 0.817. The molecular weight excluding hydrogens is 332 g/mol. The van der Waals surface area contributed by atoms with E-state index in [9.17, 15) is 10.1 Å². The minimum Gasteiger partial charge on any atom is -0.493 e. The van der Waals surface area contributed by atoms with Crippen LogP contribution in [0.4, 0.5) is 11.4 Å². The molecule has 0 aliphatic carbocycles. The summed E-state index contributed by atoms with van der Waals surface area (Å²) in [6.45, 7) is 6.61. The summed E-state index contributed by atoms with van der Waals surface area (Å²) < 4.78 is 11.1. The van der Waals surface area contributed by atoms with E-state index in [1.165, 1.54) is 24.8 Å². The van der Waals surface area contributed by atoms with Crippen LogP contribution in [-0.2, 0) is 6.61 Å². The number of rotatable bonds is 5. The van der Waals surface area contributed by atoms with Gasteiger partial charge in [-0.15, -0.1) is 0 Å². The van der Waals surface area contributed by atoms with Gasteiger partial charge in [0.25, 0.3) is 5.69 Å². The van der Waals surface area contributed by atoms with Crippen LogP contribution in [0.25, 0.3) is 5.57 Å². The van der Waals surface area contributed by atoms with E-state index < -0.39 is 4.92 Å². The Kier molecular flexibility index (Phi) is 4.59. The fourth-order valence-corrected chi connectivity index (χ4v) is 3.33. The number of non-ortho nitro benzene ring substituents is 1. The largest absolute Gasteiger partial charge is 0.493 e. The summed E-state index contributed by atoms with van der Waals surface area (Å²) in [6, 6.07) is 10.4. The highest BCUT2D eigenvalue weighted by atomic mass is 16.6. The van der Waals surface area contributed by atoms with Crippen LogP contribution in [0, 0.1) is 10.1 Å². The molecule has 1 aliphatic rings. The molecule has 0 saturated carbocycles. The highest BCUT2D eigenvalue weighted by Gasteiger charge is 2.24. The van der Waals surface area contributed by atoms with Crippen molar-refractivity contribution in [1.82, 2.24) is 0 Å². The van der Waals surface area contributed by atoms with Gasteiger partial charge in [0.1, 0.15) is 6.61 Å². The van der Waals surface area contributed by atoms with Gasteiger partial charge in [0.2, 0.25) is 0 Å². The Balaban J connectivity index is 1.91. The molecule has 3 rings (SSSR count). The molecule has 2 aromatic carbocycles. The summed E-state index contributed by atoms with van der Waals surface area (Å²) in [7, 11) is 1.51. The average Bonchev–Trinajstić information content (AvgIpc) is 2.58. The first kappa shape index (κ1) is 17.8. The van der Waals surface area contributed by atoms with Gasteiger partial charge in [0.15, 0.2) is 11.5 Å². The van der Waals surface area contributed by atoms with Crippen molar-refractivity contribution in [2.75, 3.05) is 12.4 Å². The number of nitro groups is 1. The van der Waals surface area contributed by atoms with Crippen LogP contribution in [0.3, 0.4) is 0 Å². The Hall–Kier alpha value is -3.02. The van der Waals surface area contributed by atoms with Crippen LogP contribution >= 0.6 is 0 Å². The molecule has 2 aromatic rings. The van der Waals surface area contributed by atoms with Gasteiger partial charge in [-0.25, -0.2) is 0 Å². The second-order valence-electron chi connectivity index (χ2n) is 6.89. The Labute approximate surface area is 152 Å². The van der Waals surface area contributed by atoms with Gasteiger partial charge in [-0.2, -0.15) is 0 Å². The van der Waals surface area contributed by atoms with Crippen LogP contribution in [0.1, 0.15) is 31.9 Å². The predicted molar refractivity (Wildman–Crippen MR) is 102 cm³/mol. The van der Waals surface area contributed by atoms with Gasteiger partial charge in [-0.05, 0) is 44.0 Å². The van der Waals surface area contributed by atoms with Gasteiger partial charge < -0.3 is 14.8 Å². The zero-order chi connectivity index (χ0) is 18.9. The lowest BCUT2D eigenvalue weighted by Crippen LogP contribution is -2.31. The lowest BCUT2D eigenvalue weighted by Gasteiger charge is -2.32. The first-order valence-electron chi connectivity index (χ1n) is 8.36. The van der Waals surface area contributed by atoms with Crippen molar-refractivity contribution in [2.24, 2.45) is 0 Å². The van der Waals surface area contributed by atoms with Crippen LogP contribution in [0.5, 0.6) is 11.5 Å². The molecular formula is C20H22N2O4. The number of methoxy groups -OCH3 is 1. The molecule has 0 saturated heterocycles. The van der Waals surface area contributed by atoms with E-state index in [1.807, 2.05) is 18.2 Å². The van der Waals surface area contributed by atoms with E-state index in [-0.39, 0.29) is 17.8 Å². The zero-order valence-corrected chi connectivity index (χ0v) is 15.3. The van der Waals surface area contributed by atoms with Crippen LogP contribution in [0.15, 0.2) is 42.5 Å². The fraction of sp³-hybridized carbons (Fsp3) is 0.300. The number of nitro benzene ring substituents is 1. The number of fused-ring (bicyclic) bond motifs is 1. The SMILES string of the molecule is COc1ccc([N+](=O)[O-])cc1OCc1cccc2c1C(C)=CC(C)(C)N2. The summed E-state index contributed by atoms with van der Waals surface area (Å²) in [5, 5.41) is 14.5. The third-order valence-corrected chi connectivity index (χ3v) is 4.32. The molecule has 26 heavy (non-hydrogen) atoms. The van der Waals surface area contributed by atoms with Gasteiger partial charge in [0.05, 0.1) is 23.6 Å². The molecule has 0 fully saturated rings. The quantitative estimate of drug-likeness (QED) is 0.617. The van der Waals surface area contributed by atoms with Crippen molar-refractivity contribution in [1.29, 1.82) is 0 Å². The van der Waals surface area contributed by atoms with Crippen LogP contribution in [-0.4, -0.2) is 17.6 Å². The van der Waals surface area contributed by atoms with E-state index in [1.54, 1.807) is 6.07 Å². The van der Waals surface area contributed by atoms with Crippen molar-refractivity contribution in [3.05, 3.63) is 63.7 Å². The molecule has 0 atom stereocenters. The molecule has 1 N–H and O–H groups in total. The van der Waals surface area contributed by atoms with E-state index in [4.69, 9.17) is 9.47 Å².